The van der Waals surface area contributed by atoms with E-state index in [1.54, 1.807) is 6.20 Å². The minimum Gasteiger partial charge on any atom is -0.378 e. The van der Waals surface area contributed by atoms with Gasteiger partial charge in [0.25, 0.3) is 0 Å². The Morgan fingerprint density at radius 3 is 3.00 bits per heavy atom. The molecule has 0 aliphatic carbocycles. The lowest BCUT2D eigenvalue weighted by Gasteiger charge is -2.23. The Hall–Kier alpha value is -1.13. The van der Waals surface area contributed by atoms with Crippen molar-refractivity contribution in [1.29, 1.82) is 0 Å². The van der Waals surface area contributed by atoms with Gasteiger partial charge >= 0.3 is 0 Å². The van der Waals surface area contributed by atoms with Crippen LogP contribution < -0.4 is 10.9 Å². The summed E-state index contributed by atoms with van der Waals surface area (Å²) >= 11 is 0. The molecule has 0 amide bonds. The second-order valence-electron chi connectivity index (χ2n) is 3.07. The Kier molecular flexibility index (Phi) is 2.42. The summed E-state index contributed by atoms with van der Waals surface area (Å²) in [5, 5.41) is 3.31. The molecule has 2 rings (SSSR count). The molecule has 1 aliphatic heterocycles. The third-order valence-corrected chi connectivity index (χ3v) is 2.13. The van der Waals surface area contributed by atoms with Crippen molar-refractivity contribution in [3.8, 4) is 0 Å². The zero-order chi connectivity index (χ0) is 9.10. The van der Waals surface area contributed by atoms with Gasteiger partial charge in [0, 0.05) is 18.8 Å². The van der Waals surface area contributed by atoms with Gasteiger partial charge in [-0.1, -0.05) is 6.07 Å². The van der Waals surface area contributed by atoms with Crippen LogP contribution in [-0.2, 0) is 4.74 Å². The van der Waals surface area contributed by atoms with Crippen LogP contribution in [-0.4, -0.2) is 24.7 Å². The molecule has 4 nitrogen and oxygen atoms in total. The lowest BCUT2D eigenvalue weighted by molar-refractivity contribution is 0.0768. The van der Waals surface area contributed by atoms with Gasteiger partial charge in [0.15, 0.2) is 0 Å². The number of aromatic nitrogens is 1. The number of nitrogens with one attached hydrogen (secondary N) is 2. The van der Waals surface area contributed by atoms with Gasteiger partial charge < -0.3 is 15.0 Å². The highest BCUT2D eigenvalue weighted by molar-refractivity contribution is 5.14. The Balaban J connectivity index is 2.14. The summed E-state index contributed by atoms with van der Waals surface area (Å²) in [4.78, 5) is 13.4. The van der Waals surface area contributed by atoms with Crippen molar-refractivity contribution in [3.05, 3.63) is 34.2 Å². The van der Waals surface area contributed by atoms with E-state index >= 15 is 0 Å². The minimum atomic E-state index is -0.0690. The van der Waals surface area contributed by atoms with E-state index in [1.165, 1.54) is 6.07 Å². The minimum absolute atomic E-state index is 0.0690. The fraction of sp³-hybridized carbons (Fsp3) is 0.444. The van der Waals surface area contributed by atoms with E-state index in [4.69, 9.17) is 4.74 Å². The van der Waals surface area contributed by atoms with Crippen LogP contribution in [0.15, 0.2) is 23.1 Å². The Labute approximate surface area is 75.9 Å². The van der Waals surface area contributed by atoms with E-state index < -0.39 is 0 Å². The topological polar surface area (TPSA) is 54.1 Å². The molecule has 13 heavy (non-hydrogen) atoms. The summed E-state index contributed by atoms with van der Waals surface area (Å²) in [5.74, 6) is 0. The summed E-state index contributed by atoms with van der Waals surface area (Å²) in [5.41, 5.74) is 1.000. The van der Waals surface area contributed by atoms with Crippen LogP contribution >= 0.6 is 0 Å². The number of aromatic amines is 1. The Morgan fingerprint density at radius 2 is 2.38 bits per heavy atom. The number of hydrogen-bond acceptors (Lipinski definition) is 3. The van der Waals surface area contributed by atoms with E-state index in [0.29, 0.717) is 6.61 Å². The molecule has 1 saturated heterocycles. The van der Waals surface area contributed by atoms with E-state index in [-0.39, 0.29) is 11.6 Å². The highest BCUT2D eigenvalue weighted by atomic mass is 16.5. The fourth-order valence-electron chi connectivity index (χ4n) is 1.42. The number of ether oxygens (including phenoxy) is 1. The molecule has 4 heteroatoms. The molecule has 0 bridgehead atoms. The second kappa shape index (κ2) is 3.72. The van der Waals surface area contributed by atoms with Crippen LogP contribution in [0.5, 0.6) is 0 Å². The molecule has 0 aromatic carbocycles. The number of hydrogen-bond donors (Lipinski definition) is 2. The molecule has 0 saturated carbocycles. The second-order valence-corrected chi connectivity index (χ2v) is 3.07. The van der Waals surface area contributed by atoms with Gasteiger partial charge in [-0.3, -0.25) is 4.79 Å². The first-order valence-corrected chi connectivity index (χ1v) is 4.36. The number of rotatable bonds is 1. The molecule has 1 fully saturated rings. The molecular weight excluding hydrogens is 168 g/mol. The average Bonchev–Trinajstić information content (AvgIpc) is 2.20. The predicted octanol–water partition coefficient (Wildman–Crippen LogP) is 0.0358. The van der Waals surface area contributed by atoms with Crippen LogP contribution in [0, 0.1) is 0 Å². The van der Waals surface area contributed by atoms with Crippen LogP contribution in [0.3, 0.4) is 0 Å². The maximum atomic E-state index is 10.8. The van der Waals surface area contributed by atoms with Gasteiger partial charge in [-0.15, -0.1) is 0 Å². The highest BCUT2D eigenvalue weighted by Gasteiger charge is 2.14. The van der Waals surface area contributed by atoms with Gasteiger partial charge in [-0.25, -0.2) is 0 Å². The average molecular weight is 180 g/mol. The SMILES string of the molecule is O=c1ccc([C@@H]2COCCN2)c[nH]1. The van der Waals surface area contributed by atoms with Crippen LogP contribution in [0.25, 0.3) is 0 Å². The van der Waals surface area contributed by atoms with E-state index in [1.807, 2.05) is 6.07 Å². The van der Waals surface area contributed by atoms with E-state index in [9.17, 15) is 4.79 Å². The summed E-state index contributed by atoms with van der Waals surface area (Å²) in [7, 11) is 0. The van der Waals surface area contributed by atoms with Crippen molar-refractivity contribution in [1.82, 2.24) is 10.3 Å². The summed E-state index contributed by atoms with van der Waals surface area (Å²) in [6.45, 7) is 2.30. The normalized spacial score (nSPS) is 22.9. The number of H-pyrrole nitrogens is 1. The Bertz CT molecular complexity index is 308. The van der Waals surface area contributed by atoms with Crippen molar-refractivity contribution in [2.45, 2.75) is 6.04 Å². The summed E-state index contributed by atoms with van der Waals surface area (Å²) in [6.07, 6.45) is 1.73. The van der Waals surface area contributed by atoms with Crippen molar-refractivity contribution in [2.24, 2.45) is 0 Å². The first kappa shape index (κ1) is 8.47. The third kappa shape index (κ3) is 1.96. The van der Waals surface area contributed by atoms with Gasteiger partial charge in [0.1, 0.15) is 0 Å². The van der Waals surface area contributed by atoms with E-state index in [0.717, 1.165) is 18.7 Å². The van der Waals surface area contributed by atoms with Crippen LogP contribution in [0.1, 0.15) is 11.6 Å². The van der Waals surface area contributed by atoms with E-state index in [2.05, 4.69) is 10.3 Å². The summed E-state index contributed by atoms with van der Waals surface area (Å²) in [6, 6.07) is 3.57. The number of morpholine rings is 1. The predicted molar refractivity (Wildman–Crippen MR) is 48.6 cm³/mol. The monoisotopic (exact) mass is 180 g/mol. The van der Waals surface area contributed by atoms with Crippen LogP contribution in [0.4, 0.5) is 0 Å². The van der Waals surface area contributed by atoms with Crippen molar-refractivity contribution < 1.29 is 4.74 Å². The first-order valence-electron chi connectivity index (χ1n) is 4.36. The fourth-order valence-corrected chi connectivity index (χ4v) is 1.42. The van der Waals surface area contributed by atoms with Gasteiger partial charge in [-0.05, 0) is 5.56 Å². The molecule has 1 aliphatic rings. The molecular formula is C9H12N2O2. The van der Waals surface area contributed by atoms with Crippen molar-refractivity contribution in [2.75, 3.05) is 19.8 Å². The standard InChI is InChI=1S/C9H12N2O2/c12-9-2-1-7(5-11-9)8-6-13-4-3-10-8/h1-2,5,8,10H,3-4,6H2,(H,11,12)/t8-/m0/s1. The lowest BCUT2D eigenvalue weighted by Crippen LogP contribution is -2.34. The van der Waals surface area contributed by atoms with Crippen molar-refractivity contribution >= 4 is 0 Å². The molecule has 0 unspecified atom stereocenters. The van der Waals surface area contributed by atoms with Gasteiger partial charge in [0.2, 0.25) is 5.56 Å². The van der Waals surface area contributed by atoms with Crippen molar-refractivity contribution in [3.63, 3.8) is 0 Å². The molecule has 1 aromatic rings. The van der Waals surface area contributed by atoms with Gasteiger partial charge in [-0.2, -0.15) is 0 Å². The zero-order valence-electron chi connectivity index (χ0n) is 7.25. The highest BCUT2D eigenvalue weighted by Crippen LogP contribution is 2.12. The lowest BCUT2D eigenvalue weighted by atomic mass is 10.1. The molecule has 2 N–H and O–H groups in total. The molecule has 70 valence electrons. The molecule has 0 radical (unpaired) electrons. The quantitative estimate of drug-likeness (QED) is 0.641. The summed E-state index contributed by atoms with van der Waals surface area (Å²) < 4.78 is 5.31. The Morgan fingerprint density at radius 1 is 1.46 bits per heavy atom. The molecule has 2 heterocycles. The molecule has 1 atom stereocenters. The molecule has 0 spiro atoms. The molecule has 1 aromatic heterocycles. The smallest absolute Gasteiger partial charge is 0.247 e. The third-order valence-electron chi connectivity index (χ3n) is 2.13. The maximum absolute atomic E-state index is 10.8. The number of pyridine rings is 1. The first-order chi connectivity index (χ1) is 6.36. The van der Waals surface area contributed by atoms with Gasteiger partial charge in [0.05, 0.1) is 19.3 Å². The largest absolute Gasteiger partial charge is 0.378 e. The zero-order valence-corrected chi connectivity index (χ0v) is 7.25. The maximum Gasteiger partial charge on any atom is 0.247 e. The van der Waals surface area contributed by atoms with Crippen LogP contribution in [0.2, 0.25) is 0 Å².